The molecule has 1 aromatic rings. The second-order valence-electron chi connectivity index (χ2n) is 3.23. The first-order chi connectivity index (χ1) is 6.50. The summed E-state index contributed by atoms with van der Waals surface area (Å²) >= 11 is 0. The molecule has 0 heterocycles. The Morgan fingerprint density at radius 3 is 2.64 bits per heavy atom. The largest absolute Gasteiger partial charge is 0.490 e. The summed E-state index contributed by atoms with van der Waals surface area (Å²) in [6.45, 7) is 3.67. The molecule has 76 valence electrons. The van der Waals surface area contributed by atoms with Crippen molar-refractivity contribution in [3.05, 3.63) is 23.8 Å². The lowest BCUT2D eigenvalue weighted by Crippen LogP contribution is -2.10. The number of rotatable bonds is 3. The number of aromatic carboxylic acids is 1. The van der Waals surface area contributed by atoms with Crippen LogP contribution in [0.2, 0.25) is 0 Å². The van der Waals surface area contributed by atoms with Gasteiger partial charge in [-0.2, -0.15) is 0 Å². The predicted octanol–water partition coefficient (Wildman–Crippen LogP) is 1.75. The Hall–Kier alpha value is -1.71. The Bertz CT molecular complexity index is 347. The van der Waals surface area contributed by atoms with E-state index in [1.54, 1.807) is 12.1 Å². The van der Waals surface area contributed by atoms with Crippen molar-refractivity contribution in [3.63, 3.8) is 0 Å². The topological polar surface area (TPSA) is 72.5 Å². The lowest BCUT2D eigenvalue weighted by molar-refractivity contribution is 0.0690. The number of hydrogen-bond acceptors (Lipinski definition) is 3. The number of nitrogens with two attached hydrogens (primary N) is 1. The fourth-order valence-electron chi connectivity index (χ4n) is 1.07. The maximum Gasteiger partial charge on any atom is 0.339 e. The van der Waals surface area contributed by atoms with Gasteiger partial charge in [-0.1, -0.05) is 0 Å². The van der Waals surface area contributed by atoms with Gasteiger partial charge in [0, 0.05) is 5.69 Å². The fourth-order valence-corrected chi connectivity index (χ4v) is 1.07. The lowest BCUT2D eigenvalue weighted by atomic mass is 10.2. The lowest BCUT2D eigenvalue weighted by Gasteiger charge is -2.12. The second-order valence-corrected chi connectivity index (χ2v) is 3.23. The molecule has 0 radical (unpaired) electrons. The third-order valence-corrected chi connectivity index (χ3v) is 1.60. The van der Waals surface area contributed by atoms with Crippen LogP contribution in [0.3, 0.4) is 0 Å². The summed E-state index contributed by atoms with van der Waals surface area (Å²) in [7, 11) is 0. The third kappa shape index (κ3) is 2.39. The van der Waals surface area contributed by atoms with Crippen molar-refractivity contribution in [2.75, 3.05) is 5.73 Å². The monoisotopic (exact) mass is 195 g/mol. The van der Waals surface area contributed by atoms with Gasteiger partial charge in [0.15, 0.2) is 0 Å². The van der Waals surface area contributed by atoms with E-state index in [0.29, 0.717) is 11.4 Å². The number of carboxylic acid groups (broad SMARTS) is 1. The molecule has 0 atom stereocenters. The molecule has 0 saturated carbocycles. The van der Waals surface area contributed by atoms with E-state index in [9.17, 15) is 4.79 Å². The maximum atomic E-state index is 10.8. The Balaban J connectivity index is 3.08. The van der Waals surface area contributed by atoms with Gasteiger partial charge < -0.3 is 15.6 Å². The maximum absolute atomic E-state index is 10.8. The zero-order chi connectivity index (χ0) is 10.7. The number of ether oxygens (including phenoxy) is 1. The van der Waals surface area contributed by atoms with E-state index < -0.39 is 5.97 Å². The molecule has 14 heavy (non-hydrogen) atoms. The third-order valence-electron chi connectivity index (χ3n) is 1.60. The average molecular weight is 195 g/mol. The van der Waals surface area contributed by atoms with Crippen molar-refractivity contribution >= 4 is 11.7 Å². The van der Waals surface area contributed by atoms with Crippen molar-refractivity contribution < 1.29 is 14.6 Å². The highest BCUT2D eigenvalue weighted by Gasteiger charge is 2.12. The molecule has 0 aliphatic heterocycles. The summed E-state index contributed by atoms with van der Waals surface area (Å²) < 4.78 is 5.33. The van der Waals surface area contributed by atoms with Crippen LogP contribution in [0.5, 0.6) is 5.75 Å². The molecule has 1 rings (SSSR count). The van der Waals surface area contributed by atoms with Crippen molar-refractivity contribution in [2.24, 2.45) is 0 Å². The zero-order valence-corrected chi connectivity index (χ0v) is 8.15. The zero-order valence-electron chi connectivity index (χ0n) is 8.15. The van der Waals surface area contributed by atoms with Gasteiger partial charge in [0.1, 0.15) is 11.3 Å². The summed E-state index contributed by atoms with van der Waals surface area (Å²) in [5.41, 5.74) is 5.99. The van der Waals surface area contributed by atoms with Crippen LogP contribution in [-0.4, -0.2) is 17.2 Å². The normalized spacial score (nSPS) is 10.2. The van der Waals surface area contributed by atoms with E-state index in [0.717, 1.165) is 0 Å². The van der Waals surface area contributed by atoms with E-state index in [1.165, 1.54) is 6.07 Å². The average Bonchev–Trinajstić information content (AvgIpc) is 2.07. The van der Waals surface area contributed by atoms with Crippen LogP contribution in [0.25, 0.3) is 0 Å². The summed E-state index contributed by atoms with van der Waals surface area (Å²) in [4.78, 5) is 10.8. The summed E-state index contributed by atoms with van der Waals surface area (Å²) in [5, 5.41) is 8.87. The minimum Gasteiger partial charge on any atom is -0.490 e. The summed E-state index contributed by atoms with van der Waals surface area (Å²) in [5.74, 6) is -0.686. The highest BCUT2D eigenvalue weighted by atomic mass is 16.5. The highest BCUT2D eigenvalue weighted by Crippen LogP contribution is 2.22. The van der Waals surface area contributed by atoms with Crippen molar-refractivity contribution in [2.45, 2.75) is 20.0 Å². The Morgan fingerprint density at radius 2 is 2.14 bits per heavy atom. The van der Waals surface area contributed by atoms with E-state index in [1.807, 2.05) is 13.8 Å². The standard InChI is InChI=1S/C10H13NO3/c1-6(2)14-9-4-3-7(11)5-8(9)10(12)13/h3-6H,11H2,1-2H3,(H,12,13). The van der Waals surface area contributed by atoms with E-state index in [-0.39, 0.29) is 11.7 Å². The van der Waals surface area contributed by atoms with Gasteiger partial charge in [-0.05, 0) is 32.0 Å². The Labute approximate surface area is 82.3 Å². The molecule has 0 saturated heterocycles. The molecule has 0 aliphatic carbocycles. The molecule has 1 aromatic carbocycles. The Morgan fingerprint density at radius 1 is 1.50 bits per heavy atom. The molecule has 3 N–H and O–H groups in total. The first-order valence-corrected chi connectivity index (χ1v) is 4.30. The van der Waals surface area contributed by atoms with Crippen LogP contribution in [0.15, 0.2) is 18.2 Å². The minimum absolute atomic E-state index is 0.0586. The first kappa shape index (κ1) is 10.4. The van der Waals surface area contributed by atoms with Gasteiger partial charge >= 0.3 is 5.97 Å². The molecule has 0 amide bonds. The molecular weight excluding hydrogens is 182 g/mol. The number of anilines is 1. The number of benzene rings is 1. The van der Waals surface area contributed by atoms with Crippen LogP contribution in [0, 0.1) is 0 Å². The highest BCUT2D eigenvalue weighted by molar-refractivity contribution is 5.92. The van der Waals surface area contributed by atoms with Crippen LogP contribution >= 0.6 is 0 Å². The van der Waals surface area contributed by atoms with Crippen LogP contribution in [0.4, 0.5) is 5.69 Å². The van der Waals surface area contributed by atoms with Crippen molar-refractivity contribution in [1.29, 1.82) is 0 Å². The quantitative estimate of drug-likeness (QED) is 0.721. The smallest absolute Gasteiger partial charge is 0.339 e. The molecule has 4 nitrogen and oxygen atoms in total. The number of hydrogen-bond donors (Lipinski definition) is 2. The van der Waals surface area contributed by atoms with E-state index in [4.69, 9.17) is 15.6 Å². The van der Waals surface area contributed by atoms with E-state index in [2.05, 4.69) is 0 Å². The molecule has 0 spiro atoms. The molecule has 0 aliphatic rings. The summed E-state index contributed by atoms with van der Waals surface area (Å²) in [6.07, 6.45) is -0.0586. The van der Waals surface area contributed by atoms with Gasteiger partial charge in [0.05, 0.1) is 6.10 Å². The van der Waals surface area contributed by atoms with Crippen molar-refractivity contribution in [1.82, 2.24) is 0 Å². The molecule has 0 aromatic heterocycles. The molecule has 4 heteroatoms. The van der Waals surface area contributed by atoms with Gasteiger partial charge in [0.25, 0.3) is 0 Å². The number of nitrogen functional groups attached to an aromatic ring is 1. The molecule has 0 fully saturated rings. The van der Waals surface area contributed by atoms with Crippen molar-refractivity contribution in [3.8, 4) is 5.75 Å². The Kier molecular flexibility index (Phi) is 2.96. The molecule has 0 bridgehead atoms. The van der Waals surface area contributed by atoms with E-state index >= 15 is 0 Å². The van der Waals surface area contributed by atoms with Crippen LogP contribution in [0.1, 0.15) is 24.2 Å². The van der Waals surface area contributed by atoms with Gasteiger partial charge in [-0.3, -0.25) is 0 Å². The van der Waals surface area contributed by atoms with Gasteiger partial charge in [0.2, 0.25) is 0 Å². The molecular formula is C10H13NO3. The van der Waals surface area contributed by atoms with Gasteiger partial charge in [-0.15, -0.1) is 0 Å². The second kappa shape index (κ2) is 4.00. The van der Waals surface area contributed by atoms with Gasteiger partial charge in [-0.25, -0.2) is 4.79 Å². The number of carboxylic acids is 1. The summed E-state index contributed by atoms with van der Waals surface area (Å²) in [6, 6.07) is 4.57. The molecule has 0 unspecified atom stereocenters. The van der Waals surface area contributed by atoms with Crippen LogP contribution in [-0.2, 0) is 0 Å². The fraction of sp³-hybridized carbons (Fsp3) is 0.300. The minimum atomic E-state index is -1.03. The predicted molar refractivity (Wildman–Crippen MR) is 53.6 cm³/mol. The number of carbonyl (C=O) groups is 1. The van der Waals surface area contributed by atoms with Crippen LogP contribution < -0.4 is 10.5 Å². The first-order valence-electron chi connectivity index (χ1n) is 4.30. The SMILES string of the molecule is CC(C)Oc1ccc(N)cc1C(=O)O.